The molecule has 2 atom stereocenters. The van der Waals surface area contributed by atoms with Gasteiger partial charge in [0.2, 0.25) is 5.91 Å². The van der Waals surface area contributed by atoms with E-state index in [0.717, 1.165) is 13.0 Å². The van der Waals surface area contributed by atoms with Crippen molar-refractivity contribution in [3.63, 3.8) is 0 Å². The van der Waals surface area contributed by atoms with Gasteiger partial charge in [-0.05, 0) is 49.4 Å². The molecule has 2 N–H and O–H groups in total. The zero-order valence-corrected chi connectivity index (χ0v) is 13.7. The third kappa shape index (κ3) is 3.65. The number of amides is 1. The van der Waals surface area contributed by atoms with Crippen molar-refractivity contribution in [2.75, 3.05) is 11.9 Å². The van der Waals surface area contributed by atoms with Crippen LogP contribution < -0.4 is 10.6 Å². The van der Waals surface area contributed by atoms with Crippen LogP contribution in [0.25, 0.3) is 0 Å². The van der Waals surface area contributed by atoms with Crippen LogP contribution in [0.3, 0.4) is 0 Å². The minimum Gasteiger partial charge on any atom is -0.362 e. The average Bonchev–Trinajstić information content (AvgIpc) is 2.70. The second kappa shape index (κ2) is 6.95. The Labute approximate surface area is 147 Å². The summed E-state index contributed by atoms with van der Waals surface area (Å²) < 4.78 is 61.3. The Balaban J connectivity index is 1.95. The van der Waals surface area contributed by atoms with Gasteiger partial charge in [0.15, 0.2) is 0 Å². The number of nitrogens with one attached hydrogen (secondary N) is 2. The summed E-state index contributed by atoms with van der Waals surface area (Å²) in [5.41, 5.74) is 0.445. The van der Waals surface area contributed by atoms with Crippen molar-refractivity contribution in [1.82, 2.24) is 5.32 Å². The van der Waals surface area contributed by atoms with Gasteiger partial charge in [0.25, 0.3) is 5.92 Å². The maximum Gasteiger partial charge on any atom is 0.297 e. The number of alkyl halides is 2. The summed E-state index contributed by atoms with van der Waals surface area (Å²) in [6, 6.07) is 7.07. The van der Waals surface area contributed by atoms with Gasteiger partial charge in [-0.3, -0.25) is 4.79 Å². The summed E-state index contributed by atoms with van der Waals surface area (Å²) in [4.78, 5) is 11.7. The first-order valence-electron chi connectivity index (χ1n) is 7.88. The van der Waals surface area contributed by atoms with Crippen molar-refractivity contribution >= 4 is 17.3 Å². The quantitative estimate of drug-likeness (QED) is 0.808. The molecule has 0 saturated carbocycles. The molecule has 138 valence electrons. The summed E-state index contributed by atoms with van der Waals surface area (Å²) in [7, 11) is 0. The number of rotatable bonds is 3. The lowest BCUT2D eigenvalue weighted by Gasteiger charge is -2.29. The minimum absolute atomic E-state index is 0.316. The first-order chi connectivity index (χ1) is 12.3. The van der Waals surface area contributed by atoms with E-state index in [2.05, 4.69) is 10.6 Å². The van der Waals surface area contributed by atoms with Crippen molar-refractivity contribution in [1.29, 1.82) is 0 Å². The van der Waals surface area contributed by atoms with Crippen LogP contribution in [0.5, 0.6) is 0 Å². The van der Waals surface area contributed by atoms with E-state index >= 15 is 0 Å². The standard InChI is InChI=1S/C18H16F4N2O2/c1-10-18(21,22)17(24-16(25)9-26-10)14-8-13(6-7-15(14)20)23-12-4-2-11(19)3-5-12/h2-8,10,17,23H,9H2,1H3,(H,24,25). The normalized spacial score (nSPS) is 22.4. The van der Waals surface area contributed by atoms with Crippen LogP contribution in [0.15, 0.2) is 42.5 Å². The van der Waals surface area contributed by atoms with E-state index in [1.807, 2.05) is 0 Å². The molecule has 2 aromatic rings. The second-order valence-corrected chi connectivity index (χ2v) is 6.00. The smallest absolute Gasteiger partial charge is 0.297 e. The molecule has 3 rings (SSSR count). The molecule has 2 unspecified atom stereocenters. The van der Waals surface area contributed by atoms with Gasteiger partial charge in [-0.15, -0.1) is 0 Å². The third-order valence-corrected chi connectivity index (χ3v) is 4.14. The zero-order valence-electron chi connectivity index (χ0n) is 13.7. The molecule has 1 aliphatic heterocycles. The zero-order chi connectivity index (χ0) is 18.9. The highest BCUT2D eigenvalue weighted by Gasteiger charge is 2.50. The Kier molecular flexibility index (Phi) is 4.86. The number of benzene rings is 2. The largest absolute Gasteiger partial charge is 0.362 e. The van der Waals surface area contributed by atoms with E-state index < -0.39 is 42.2 Å². The predicted octanol–water partition coefficient (Wildman–Crippen LogP) is 3.92. The average molecular weight is 368 g/mol. The van der Waals surface area contributed by atoms with Crippen molar-refractivity contribution in [3.05, 3.63) is 59.7 Å². The molecule has 2 aromatic carbocycles. The molecule has 0 spiro atoms. The molecule has 26 heavy (non-hydrogen) atoms. The molecule has 1 amide bonds. The summed E-state index contributed by atoms with van der Waals surface area (Å²) >= 11 is 0. The van der Waals surface area contributed by atoms with E-state index in [-0.39, 0.29) is 5.56 Å². The van der Waals surface area contributed by atoms with Crippen LogP contribution >= 0.6 is 0 Å². The number of hydrogen-bond donors (Lipinski definition) is 2. The molecule has 1 heterocycles. The van der Waals surface area contributed by atoms with Gasteiger partial charge in [0.05, 0.1) is 0 Å². The maximum atomic E-state index is 14.6. The number of hydrogen-bond acceptors (Lipinski definition) is 3. The van der Waals surface area contributed by atoms with Crippen LogP contribution in [0.1, 0.15) is 18.5 Å². The summed E-state index contributed by atoms with van der Waals surface area (Å²) in [5, 5.41) is 5.00. The number of carbonyl (C=O) groups is 1. The minimum atomic E-state index is -3.51. The maximum absolute atomic E-state index is 14.6. The molecule has 1 fully saturated rings. The Hall–Kier alpha value is -2.61. The van der Waals surface area contributed by atoms with Crippen LogP contribution in [-0.2, 0) is 9.53 Å². The number of ether oxygens (including phenoxy) is 1. The highest BCUT2D eigenvalue weighted by Crippen LogP contribution is 2.39. The Morgan fingerprint density at radius 3 is 2.46 bits per heavy atom. The van der Waals surface area contributed by atoms with E-state index in [4.69, 9.17) is 4.74 Å². The van der Waals surface area contributed by atoms with Crippen LogP contribution in [0.4, 0.5) is 28.9 Å². The van der Waals surface area contributed by atoms with Gasteiger partial charge in [-0.2, -0.15) is 0 Å². The molecular weight excluding hydrogens is 352 g/mol. The molecule has 4 nitrogen and oxygen atoms in total. The predicted molar refractivity (Wildman–Crippen MR) is 87.3 cm³/mol. The lowest BCUT2D eigenvalue weighted by molar-refractivity contribution is -0.136. The lowest BCUT2D eigenvalue weighted by atomic mass is 9.96. The fourth-order valence-corrected chi connectivity index (χ4v) is 2.67. The van der Waals surface area contributed by atoms with E-state index in [1.165, 1.54) is 36.4 Å². The van der Waals surface area contributed by atoms with Crippen molar-refractivity contribution < 1.29 is 27.1 Å². The molecule has 8 heteroatoms. The fraction of sp³-hybridized carbons (Fsp3) is 0.278. The molecule has 0 aromatic heterocycles. The third-order valence-electron chi connectivity index (χ3n) is 4.14. The van der Waals surface area contributed by atoms with Crippen LogP contribution in [0.2, 0.25) is 0 Å². The van der Waals surface area contributed by atoms with Gasteiger partial charge < -0.3 is 15.4 Å². The Morgan fingerprint density at radius 1 is 1.12 bits per heavy atom. The Bertz CT molecular complexity index is 811. The van der Waals surface area contributed by atoms with Crippen molar-refractivity contribution in [2.45, 2.75) is 25.0 Å². The SMILES string of the molecule is CC1OCC(=O)NC(c2cc(Nc3ccc(F)cc3)ccc2F)C1(F)F. The molecule has 0 aliphatic carbocycles. The monoisotopic (exact) mass is 368 g/mol. The first-order valence-corrected chi connectivity index (χ1v) is 7.88. The number of halogens is 4. The second-order valence-electron chi connectivity index (χ2n) is 6.00. The summed E-state index contributed by atoms with van der Waals surface area (Å²) in [5.74, 6) is -5.57. The number of anilines is 2. The highest BCUT2D eigenvalue weighted by molar-refractivity contribution is 5.78. The lowest BCUT2D eigenvalue weighted by Crippen LogP contribution is -2.44. The summed E-state index contributed by atoms with van der Waals surface area (Å²) in [6.45, 7) is 0.605. The van der Waals surface area contributed by atoms with Gasteiger partial charge in [-0.1, -0.05) is 0 Å². The van der Waals surface area contributed by atoms with E-state index in [0.29, 0.717) is 11.4 Å². The topological polar surface area (TPSA) is 50.4 Å². The van der Waals surface area contributed by atoms with Gasteiger partial charge >= 0.3 is 0 Å². The number of carbonyl (C=O) groups excluding carboxylic acids is 1. The fourth-order valence-electron chi connectivity index (χ4n) is 2.67. The van der Waals surface area contributed by atoms with Gasteiger partial charge in [0, 0.05) is 16.9 Å². The molecule has 0 radical (unpaired) electrons. The van der Waals surface area contributed by atoms with E-state index in [1.54, 1.807) is 0 Å². The van der Waals surface area contributed by atoms with Gasteiger partial charge in [-0.25, -0.2) is 17.6 Å². The van der Waals surface area contributed by atoms with E-state index in [9.17, 15) is 22.4 Å². The first kappa shape index (κ1) is 18.2. The Morgan fingerprint density at radius 2 is 1.77 bits per heavy atom. The molecule has 0 bridgehead atoms. The van der Waals surface area contributed by atoms with Gasteiger partial charge in [0.1, 0.15) is 30.4 Å². The summed E-state index contributed by atoms with van der Waals surface area (Å²) in [6.07, 6.45) is -1.57. The molecular formula is C18H16F4N2O2. The molecule has 1 saturated heterocycles. The van der Waals surface area contributed by atoms with Crippen LogP contribution in [0, 0.1) is 11.6 Å². The highest BCUT2D eigenvalue weighted by atomic mass is 19.3. The van der Waals surface area contributed by atoms with Crippen molar-refractivity contribution in [3.8, 4) is 0 Å². The molecule has 1 aliphatic rings. The van der Waals surface area contributed by atoms with Crippen molar-refractivity contribution in [2.24, 2.45) is 0 Å². The van der Waals surface area contributed by atoms with Crippen LogP contribution in [-0.4, -0.2) is 24.5 Å².